The average Bonchev–Trinajstić information content (AvgIpc) is 2.75. The van der Waals surface area contributed by atoms with Crippen molar-refractivity contribution in [2.45, 2.75) is 32.6 Å². The summed E-state index contributed by atoms with van der Waals surface area (Å²) in [5, 5.41) is 11.5. The first kappa shape index (κ1) is 21.8. The summed E-state index contributed by atoms with van der Waals surface area (Å²) in [6, 6.07) is 15.9. The molecule has 6 heteroatoms. The van der Waals surface area contributed by atoms with E-state index in [1.54, 1.807) is 0 Å². The van der Waals surface area contributed by atoms with Crippen LogP contribution in [0.1, 0.15) is 31.2 Å². The van der Waals surface area contributed by atoms with Crippen LogP contribution >= 0.6 is 0 Å². The molecule has 1 amide bonds. The van der Waals surface area contributed by atoms with Crippen LogP contribution in [0, 0.1) is 18.8 Å². The van der Waals surface area contributed by atoms with Crippen LogP contribution in [-0.2, 0) is 14.3 Å². The number of carbonyl (C=O) groups is 2. The van der Waals surface area contributed by atoms with Crippen LogP contribution in [0.4, 0.5) is 10.5 Å². The minimum Gasteiger partial charge on any atom is -0.480 e. The molecule has 0 aliphatic heterocycles. The van der Waals surface area contributed by atoms with Crippen LogP contribution < -0.4 is 5.32 Å². The number of carboxylic acids is 1. The van der Waals surface area contributed by atoms with E-state index in [4.69, 9.17) is 14.6 Å². The Bertz CT molecular complexity index is 844. The van der Waals surface area contributed by atoms with Gasteiger partial charge in [-0.2, -0.15) is 0 Å². The second-order valence-corrected chi connectivity index (χ2v) is 7.93. The Hall–Kier alpha value is -2.86. The molecule has 0 spiro atoms. The molecule has 30 heavy (non-hydrogen) atoms. The fraction of sp³-hybridized carbons (Fsp3) is 0.417. The summed E-state index contributed by atoms with van der Waals surface area (Å²) in [6.07, 6.45) is 3.39. The molecule has 3 rings (SSSR count). The minimum atomic E-state index is -0.938. The number of carboxylic acid groups (broad SMARTS) is 1. The lowest BCUT2D eigenvalue weighted by molar-refractivity contribution is -0.142. The number of aryl methyl sites for hydroxylation is 1. The van der Waals surface area contributed by atoms with Gasteiger partial charge < -0.3 is 14.6 Å². The fourth-order valence-electron chi connectivity index (χ4n) is 3.84. The predicted molar refractivity (Wildman–Crippen MR) is 115 cm³/mol. The lowest BCUT2D eigenvalue weighted by Gasteiger charge is -2.27. The molecule has 1 fully saturated rings. The molecular weight excluding hydrogens is 382 g/mol. The molecule has 0 saturated heterocycles. The Kier molecular flexibility index (Phi) is 7.85. The van der Waals surface area contributed by atoms with Gasteiger partial charge in [0.15, 0.2) is 0 Å². The zero-order valence-corrected chi connectivity index (χ0v) is 17.3. The first-order valence-corrected chi connectivity index (χ1v) is 10.4. The molecule has 1 aliphatic rings. The maximum atomic E-state index is 12.4. The van der Waals surface area contributed by atoms with Crippen molar-refractivity contribution in [3.63, 3.8) is 0 Å². The van der Waals surface area contributed by atoms with Gasteiger partial charge in [0, 0.05) is 5.56 Å². The van der Waals surface area contributed by atoms with E-state index in [0.29, 0.717) is 25.0 Å². The lowest BCUT2D eigenvalue weighted by atomic mass is 9.83. The lowest BCUT2D eigenvalue weighted by Crippen LogP contribution is -2.25. The van der Waals surface area contributed by atoms with Crippen molar-refractivity contribution in [1.82, 2.24) is 0 Å². The number of anilines is 1. The molecule has 0 bridgehead atoms. The summed E-state index contributed by atoms with van der Waals surface area (Å²) in [4.78, 5) is 22.9. The Morgan fingerprint density at radius 1 is 1.00 bits per heavy atom. The summed E-state index contributed by atoms with van der Waals surface area (Å²) < 4.78 is 10.7. The van der Waals surface area contributed by atoms with Gasteiger partial charge in [-0.05, 0) is 62.1 Å². The average molecular weight is 411 g/mol. The van der Waals surface area contributed by atoms with Crippen LogP contribution in [0.15, 0.2) is 48.5 Å². The van der Waals surface area contributed by atoms with Gasteiger partial charge in [0.2, 0.25) is 0 Å². The quantitative estimate of drug-likeness (QED) is 0.630. The summed E-state index contributed by atoms with van der Waals surface area (Å²) in [5.41, 5.74) is 3.86. The van der Waals surface area contributed by atoms with Gasteiger partial charge in [-0.1, -0.05) is 42.0 Å². The molecular formula is C24H29NO5. The van der Waals surface area contributed by atoms with E-state index >= 15 is 0 Å². The van der Waals surface area contributed by atoms with Gasteiger partial charge in [-0.15, -0.1) is 0 Å². The summed E-state index contributed by atoms with van der Waals surface area (Å²) >= 11 is 0. The minimum absolute atomic E-state index is 0.243. The van der Waals surface area contributed by atoms with E-state index < -0.39 is 12.1 Å². The number of hydrogen-bond donors (Lipinski definition) is 2. The van der Waals surface area contributed by atoms with Gasteiger partial charge >= 0.3 is 12.1 Å². The summed E-state index contributed by atoms with van der Waals surface area (Å²) in [5.74, 6) is -0.222. The van der Waals surface area contributed by atoms with Crippen molar-refractivity contribution in [2.24, 2.45) is 11.8 Å². The molecule has 2 N–H and O–H groups in total. The van der Waals surface area contributed by atoms with E-state index in [9.17, 15) is 9.59 Å². The summed E-state index contributed by atoms with van der Waals surface area (Å²) in [6.45, 7) is 2.65. The zero-order chi connectivity index (χ0) is 21.3. The number of aliphatic carboxylic acids is 1. The number of hydrogen-bond acceptors (Lipinski definition) is 4. The van der Waals surface area contributed by atoms with Crippen LogP contribution in [-0.4, -0.2) is 37.0 Å². The number of ether oxygens (including phenoxy) is 2. The Morgan fingerprint density at radius 3 is 2.33 bits per heavy atom. The van der Waals surface area contributed by atoms with Crippen LogP contribution in [0.3, 0.4) is 0 Å². The molecule has 0 radical (unpaired) electrons. The van der Waals surface area contributed by atoms with E-state index in [0.717, 1.165) is 48.1 Å². The molecule has 0 heterocycles. The molecule has 0 unspecified atom stereocenters. The van der Waals surface area contributed by atoms with E-state index in [1.165, 1.54) is 0 Å². The topological polar surface area (TPSA) is 84.9 Å². The first-order valence-electron chi connectivity index (χ1n) is 10.4. The number of amides is 1. The Labute approximate surface area is 177 Å². The van der Waals surface area contributed by atoms with Crippen molar-refractivity contribution >= 4 is 17.7 Å². The normalized spacial score (nSPS) is 18.6. The van der Waals surface area contributed by atoms with Crippen LogP contribution in [0.2, 0.25) is 0 Å². The van der Waals surface area contributed by atoms with Crippen molar-refractivity contribution in [2.75, 3.05) is 25.1 Å². The number of rotatable bonds is 8. The second kappa shape index (κ2) is 10.8. The fourth-order valence-corrected chi connectivity index (χ4v) is 3.84. The molecule has 160 valence electrons. The Morgan fingerprint density at radius 2 is 1.67 bits per heavy atom. The van der Waals surface area contributed by atoms with E-state index in [2.05, 4.69) is 11.4 Å². The largest absolute Gasteiger partial charge is 0.480 e. The molecule has 1 saturated carbocycles. The third-order valence-corrected chi connectivity index (χ3v) is 5.49. The Balaban J connectivity index is 1.46. The molecule has 0 atom stereocenters. The second-order valence-electron chi connectivity index (χ2n) is 7.93. The molecule has 2 aromatic rings. The molecule has 6 nitrogen and oxygen atoms in total. The van der Waals surface area contributed by atoms with Gasteiger partial charge in [0.1, 0.15) is 6.61 Å². The molecule has 2 aromatic carbocycles. The van der Waals surface area contributed by atoms with Crippen LogP contribution in [0.25, 0.3) is 11.1 Å². The van der Waals surface area contributed by atoms with Gasteiger partial charge in [0.25, 0.3) is 0 Å². The monoisotopic (exact) mass is 411 g/mol. The number of benzene rings is 2. The molecule has 0 aromatic heterocycles. The summed E-state index contributed by atoms with van der Waals surface area (Å²) in [7, 11) is 0. The molecule has 1 aliphatic carbocycles. The van der Waals surface area contributed by atoms with Crippen molar-refractivity contribution in [3.05, 3.63) is 54.1 Å². The third kappa shape index (κ3) is 6.59. The van der Waals surface area contributed by atoms with Gasteiger partial charge in [-0.3, -0.25) is 5.32 Å². The van der Waals surface area contributed by atoms with Crippen molar-refractivity contribution in [3.8, 4) is 11.1 Å². The highest BCUT2D eigenvalue weighted by Gasteiger charge is 2.23. The van der Waals surface area contributed by atoms with Gasteiger partial charge in [0.05, 0.1) is 18.9 Å². The highest BCUT2D eigenvalue weighted by atomic mass is 16.5. The number of carbonyl (C=O) groups excluding carboxylic acids is 1. The SMILES string of the molecule is Cc1ccc(NC(=O)OCC2CCC(COCC(=O)O)CC2)c(-c2ccccc2)c1. The van der Waals surface area contributed by atoms with Crippen LogP contribution in [0.5, 0.6) is 0 Å². The maximum Gasteiger partial charge on any atom is 0.411 e. The highest BCUT2D eigenvalue weighted by molar-refractivity contribution is 5.91. The highest BCUT2D eigenvalue weighted by Crippen LogP contribution is 2.31. The smallest absolute Gasteiger partial charge is 0.411 e. The third-order valence-electron chi connectivity index (χ3n) is 5.49. The first-order chi connectivity index (χ1) is 14.5. The standard InChI is InChI=1S/C24H29NO5/c1-17-7-12-22(21(13-17)20-5-3-2-4-6-20)25-24(28)30-15-19-10-8-18(9-11-19)14-29-16-23(26)27/h2-7,12-13,18-19H,8-11,14-16H2,1H3,(H,25,28)(H,26,27). The van der Waals surface area contributed by atoms with Crippen molar-refractivity contribution in [1.29, 1.82) is 0 Å². The maximum absolute atomic E-state index is 12.4. The van der Waals surface area contributed by atoms with Gasteiger partial charge in [-0.25, -0.2) is 9.59 Å². The zero-order valence-electron chi connectivity index (χ0n) is 17.3. The number of nitrogens with one attached hydrogen (secondary N) is 1. The van der Waals surface area contributed by atoms with Crippen molar-refractivity contribution < 1.29 is 24.2 Å². The predicted octanol–water partition coefficient (Wildman–Crippen LogP) is 5.12. The van der Waals surface area contributed by atoms with E-state index in [-0.39, 0.29) is 6.61 Å². The van der Waals surface area contributed by atoms with E-state index in [1.807, 2.05) is 49.4 Å².